The molecule has 1 aromatic carbocycles. The summed E-state index contributed by atoms with van der Waals surface area (Å²) in [5, 5.41) is 4.28. The maximum Gasteiger partial charge on any atom is 0.227 e. The van der Waals surface area contributed by atoms with Crippen molar-refractivity contribution in [3.8, 4) is 0 Å². The van der Waals surface area contributed by atoms with Crippen LogP contribution in [0.5, 0.6) is 0 Å². The van der Waals surface area contributed by atoms with Crippen LogP contribution in [0.1, 0.15) is 31.4 Å². The fraction of sp³-hybridized carbons (Fsp3) is 0.474. The normalized spacial score (nSPS) is 28.6. The molecular weight excluding hydrogens is 318 g/mol. The predicted molar refractivity (Wildman–Crippen MR) is 100 cm³/mol. The SMILES string of the molecule is CC1C=CCC(C(=O)Nc2cccc(C3CN4CCSC4=N3)c2)C1. The minimum atomic E-state index is 0.0854. The summed E-state index contributed by atoms with van der Waals surface area (Å²) < 4.78 is 0. The highest BCUT2D eigenvalue weighted by Crippen LogP contribution is 2.33. The fourth-order valence-corrected chi connectivity index (χ4v) is 4.71. The number of aliphatic imine (C=N–C) groups is 1. The second kappa shape index (κ2) is 6.63. The van der Waals surface area contributed by atoms with E-state index in [0.717, 1.165) is 37.4 Å². The van der Waals surface area contributed by atoms with Crippen LogP contribution in [0.15, 0.2) is 41.4 Å². The lowest BCUT2D eigenvalue weighted by Gasteiger charge is -2.21. The van der Waals surface area contributed by atoms with Gasteiger partial charge in [-0.1, -0.05) is 43.0 Å². The Morgan fingerprint density at radius 2 is 2.33 bits per heavy atom. The van der Waals surface area contributed by atoms with E-state index in [0.29, 0.717) is 5.92 Å². The van der Waals surface area contributed by atoms with Gasteiger partial charge in [-0.25, -0.2) is 0 Å². The number of anilines is 1. The molecule has 4 rings (SSSR count). The Morgan fingerprint density at radius 1 is 1.42 bits per heavy atom. The molecule has 0 aromatic heterocycles. The van der Waals surface area contributed by atoms with Gasteiger partial charge in [0.1, 0.15) is 0 Å². The Bertz CT molecular complexity index is 700. The van der Waals surface area contributed by atoms with Gasteiger partial charge in [-0.3, -0.25) is 9.79 Å². The summed E-state index contributed by atoms with van der Waals surface area (Å²) in [5.74, 6) is 1.86. The molecule has 1 saturated heterocycles. The lowest BCUT2D eigenvalue weighted by Crippen LogP contribution is -2.25. The highest BCUT2D eigenvalue weighted by Gasteiger charge is 2.30. The van der Waals surface area contributed by atoms with E-state index in [1.807, 2.05) is 23.9 Å². The van der Waals surface area contributed by atoms with Crippen LogP contribution in [-0.4, -0.2) is 34.8 Å². The number of hydrogen-bond donors (Lipinski definition) is 1. The number of carbonyl (C=O) groups excluding carboxylic acids is 1. The van der Waals surface area contributed by atoms with E-state index in [4.69, 9.17) is 4.99 Å². The number of carbonyl (C=O) groups is 1. The lowest BCUT2D eigenvalue weighted by atomic mass is 9.87. The molecule has 24 heavy (non-hydrogen) atoms. The summed E-state index contributed by atoms with van der Waals surface area (Å²) in [5.41, 5.74) is 2.08. The highest BCUT2D eigenvalue weighted by molar-refractivity contribution is 8.14. The van der Waals surface area contributed by atoms with E-state index < -0.39 is 0 Å². The molecule has 1 N–H and O–H groups in total. The number of thioether (sulfide) groups is 1. The number of rotatable bonds is 3. The number of amides is 1. The van der Waals surface area contributed by atoms with Crippen molar-refractivity contribution < 1.29 is 4.79 Å². The Morgan fingerprint density at radius 3 is 3.17 bits per heavy atom. The van der Waals surface area contributed by atoms with E-state index in [2.05, 4.69) is 41.4 Å². The molecular formula is C19H23N3OS. The summed E-state index contributed by atoms with van der Waals surface area (Å²) in [6.07, 6.45) is 6.12. The van der Waals surface area contributed by atoms with E-state index in [1.165, 1.54) is 10.7 Å². The highest BCUT2D eigenvalue weighted by atomic mass is 32.2. The van der Waals surface area contributed by atoms with Crippen molar-refractivity contribution in [2.45, 2.75) is 25.8 Å². The Hall–Kier alpha value is -1.75. The number of amidine groups is 1. The van der Waals surface area contributed by atoms with E-state index in [-0.39, 0.29) is 17.9 Å². The predicted octanol–water partition coefficient (Wildman–Crippen LogP) is 3.69. The second-order valence-electron chi connectivity index (χ2n) is 6.91. The van der Waals surface area contributed by atoms with Crippen LogP contribution < -0.4 is 5.32 Å². The lowest BCUT2D eigenvalue weighted by molar-refractivity contribution is -0.120. The van der Waals surface area contributed by atoms with Gasteiger partial charge in [-0.05, 0) is 36.5 Å². The number of allylic oxidation sites excluding steroid dienone is 2. The molecule has 1 fully saturated rings. The topological polar surface area (TPSA) is 44.7 Å². The van der Waals surface area contributed by atoms with Gasteiger partial charge in [-0.15, -0.1) is 0 Å². The van der Waals surface area contributed by atoms with Gasteiger partial charge in [0, 0.05) is 30.4 Å². The standard InChI is InChI=1S/C19H23N3OS/c1-13-4-2-6-15(10-13)18(23)20-16-7-3-5-14(11-16)17-12-22-8-9-24-19(22)21-17/h2-5,7,11,13,15,17H,6,8-10,12H2,1H3,(H,20,23). The van der Waals surface area contributed by atoms with Gasteiger partial charge < -0.3 is 10.2 Å². The molecule has 3 unspecified atom stereocenters. The van der Waals surface area contributed by atoms with E-state index in [9.17, 15) is 4.79 Å². The van der Waals surface area contributed by atoms with Crippen molar-refractivity contribution in [2.24, 2.45) is 16.8 Å². The molecule has 2 heterocycles. The Labute approximate surface area is 147 Å². The van der Waals surface area contributed by atoms with E-state index >= 15 is 0 Å². The molecule has 5 heteroatoms. The zero-order chi connectivity index (χ0) is 16.5. The Balaban J connectivity index is 1.44. The van der Waals surface area contributed by atoms with Crippen molar-refractivity contribution in [2.75, 3.05) is 24.2 Å². The maximum absolute atomic E-state index is 12.5. The second-order valence-corrected chi connectivity index (χ2v) is 7.97. The molecule has 4 nitrogen and oxygen atoms in total. The van der Waals surface area contributed by atoms with Crippen LogP contribution in [0.4, 0.5) is 5.69 Å². The average molecular weight is 341 g/mol. The first kappa shape index (κ1) is 15.8. The van der Waals surface area contributed by atoms with Gasteiger partial charge >= 0.3 is 0 Å². The van der Waals surface area contributed by atoms with Gasteiger partial charge in [0.2, 0.25) is 5.91 Å². The van der Waals surface area contributed by atoms with Gasteiger partial charge in [0.05, 0.1) is 6.04 Å². The third-order valence-corrected chi connectivity index (χ3v) is 5.98. The first-order valence-electron chi connectivity index (χ1n) is 8.72. The third kappa shape index (κ3) is 3.22. The van der Waals surface area contributed by atoms with E-state index in [1.54, 1.807) is 0 Å². The minimum Gasteiger partial charge on any atom is -0.348 e. The number of fused-ring (bicyclic) bond motifs is 1. The summed E-state index contributed by atoms with van der Waals surface area (Å²) in [6, 6.07) is 8.39. The summed E-state index contributed by atoms with van der Waals surface area (Å²) in [7, 11) is 0. The molecule has 126 valence electrons. The van der Waals surface area contributed by atoms with Crippen LogP contribution >= 0.6 is 11.8 Å². The minimum absolute atomic E-state index is 0.0854. The summed E-state index contributed by atoms with van der Waals surface area (Å²) in [6.45, 7) is 4.23. The van der Waals surface area contributed by atoms with Crippen molar-refractivity contribution in [1.29, 1.82) is 0 Å². The van der Waals surface area contributed by atoms with Crippen LogP contribution in [-0.2, 0) is 4.79 Å². The first-order chi connectivity index (χ1) is 11.7. The molecule has 3 aliphatic rings. The zero-order valence-corrected chi connectivity index (χ0v) is 14.8. The molecule has 0 saturated carbocycles. The molecule has 0 spiro atoms. The average Bonchev–Trinajstić information content (AvgIpc) is 3.17. The van der Waals surface area contributed by atoms with Gasteiger partial charge in [-0.2, -0.15) is 0 Å². The molecule has 1 aliphatic carbocycles. The molecule has 3 atom stereocenters. The smallest absolute Gasteiger partial charge is 0.227 e. The molecule has 1 amide bonds. The quantitative estimate of drug-likeness (QED) is 0.853. The molecule has 0 bridgehead atoms. The molecule has 2 aliphatic heterocycles. The van der Waals surface area contributed by atoms with Crippen LogP contribution in [0.25, 0.3) is 0 Å². The zero-order valence-electron chi connectivity index (χ0n) is 13.9. The largest absolute Gasteiger partial charge is 0.348 e. The summed E-state index contributed by atoms with van der Waals surface area (Å²) in [4.78, 5) is 19.7. The fourth-order valence-electron chi connectivity index (χ4n) is 3.67. The summed E-state index contributed by atoms with van der Waals surface area (Å²) >= 11 is 1.84. The number of nitrogens with one attached hydrogen (secondary N) is 1. The van der Waals surface area contributed by atoms with Crippen LogP contribution in [0, 0.1) is 11.8 Å². The van der Waals surface area contributed by atoms with Crippen molar-refractivity contribution in [3.63, 3.8) is 0 Å². The Kier molecular flexibility index (Phi) is 4.35. The van der Waals surface area contributed by atoms with Crippen LogP contribution in [0.2, 0.25) is 0 Å². The van der Waals surface area contributed by atoms with Gasteiger partial charge in [0.25, 0.3) is 0 Å². The number of hydrogen-bond acceptors (Lipinski definition) is 4. The number of benzene rings is 1. The van der Waals surface area contributed by atoms with Crippen molar-refractivity contribution >= 4 is 28.5 Å². The van der Waals surface area contributed by atoms with Gasteiger partial charge in [0.15, 0.2) is 5.17 Å². The monoisotopic (exact) mass is 341 g/mol. The third-order valence-electron chi connectivity index (χ3n) is 4.97. The first-order valence-corrected chi connectivity index (χ1v) is 9.70. The number of nitrogens with zero attached hydrogens (tertiary/aromatic N) is 2. The molecule has 0 radical (unpaired) electrons. The molecule has 1 aromatic rings. The van der Waals surface area contributed by atoms with Crippen molar-refractivity contribution in [1.82, 2.24) is 4.90 Å². The van der Waals surface area contributed by atoms with Crippen molar-refractivity contribution in [3.05, 3.63) is 42.0 Å². The maximum atomic E-state index is 12.5. The van der Waals surface area contributed by atoms with Crippen LogP contribution in [0.3, 0.4) is 0 Å².